The van der Waals surface area contributed by atoms with Gasteiger partial charge in [-0.3, -0.25) is 14.5 Å². The van der Waals surface area contributed by atoms with Crippen LogP contribution >= 0.6 is 0 Å². The van der Waals surface area contributed by atoms with E-state index in [0.717, 1.165) is 30.7 Å². The fourth-order valence-corrected chi connectivity index (χ4v) is 3.39. The quantitative estimate of drug-likeness (QED) is 0.803. The summed E-state index contributed by atoms with van der Waals surface area (Å²) >= 11 is 0. The van der Waals surface area contributed by atoms with Crippen LogP contribution in [0.5, 0.6) is 0 Å². The number of benzene rings is 1. The van der Waals surface area contributed by atoms with Gasteiger partial charge >= 0.3 is 0 Å². The lowest BCUT2D eigenvalue weighted by molar-refractivity contribution is 0.1000. The number of primary amides is 1. The van der Waals surface area contributed by atoms with E-state index in [1.807, 2.05) is 29.8 Å². The Balaban J connectivity index is 1.64. The summed E-state index contributed by atoms with van der Waals surface area (Å²) in [6.45, 7) is 3.83. The first-order valence-electron chi connectivity index (χ1n) is 8.07. The third kappa shape index (κ3) is 2.50. The van der Waals surface area contributed by atoms with Crippen LogP contribution in [0.3, 0.4) is 0 Å². The Bertz CT molecular complexity index is 917. The summed E-state index contributed by atoms with van der Waals surface area (Å²) in [7, 11) is 0. The van der Waals surface area contributed by atoms with E-state index in [9.17, 15) is 4.79 Å². The first-order chi connectivity index (χ1) is 11.6. The molecule has 1 fully saturated rings. The van der Waals surface area contributed by atoms with Gasteiger partial charge in [0.25, 0.3) is 5.91 Å². The number of hydrogen-bond donors (Lipinski definition) is 1. The summed E-state index contributed by atoms with van der Waals surface area (Å²) in [5, 5.41) is 5.47. The highest BCUT2D eigenvalue weighted by Crippen LogP contribution is 2.32. The van der Waals surface area contributed by atoms with Gasteiger partial charge < -0.3 is 10.6 Å². The molecule has 122 valence electrons. The molecule has 0 aliphatic carbocycles. The lowest BCUT2D eigenvalue weighted by Gasteiger charge is -2.21. The average Bonchev–Trinajstić information content (AvgIpc) is 3.23. The summed E-state index contributed by atoms with van der Waals surface area (Å²) in [5.74, 6) is -0.438. The Hall–Kier alpha value is -2.89. The molecule has 3 aromatic rings. The summed E-state index contributed by atoms with van der Waals surface area (Å²) in [6, 6.07) is 10.6. The van der Waals surface area contributed by atoms with Gasteiger partial charge in [0.1, 0.15) is 0 Å². The van der Waals surface area contributed by atoms with Crippen molar-refractivity contribution in [3.8, 4) is 0 Å². The fourth-order valence-electron chi connectivity index (χ4n) is 3.39. The van der Waals surface area contributed by atoms with Crippen LogP contribution in [-0.4, -0.2) is 33.8 Å². The fraction of sp³-hybridized carbons (Fsp3) is 0.278. The minimum atomic E-state index is -0.438. The number of aromatic nitrogens is 3. The molecule has 1 aromatic carbocycles. The maximum Gasteiger partial charge on any atom is 0.251 e. The number of nitrogens with zero attached hydrogens (tertiary/aromatic N) is 4. The van der Waals surface area contributed by atoms with E-state index in [2.05, 4.69) is 27.1 Å². The molecule has 1 saturated heterocycles. The van der Waals surface area contributed by atoms with E-state index in [-0.39, 0.29) is 6.04 Å². The van der Waals surface area contributed by atoms with Gasteiger partial charge in [-0.25, -0.2) is 0 Å². The summed E-state index contributed by atoms with van der Waals surface area (Å²) in [4.78, 5) is 18.2. The Labute approximate surface area is 139 Å². The monoisotopic (exact) mass is 321 g/mol. The molecule has 0 saturated carbocycles. The van der Waals surface area contributed by atoms with Crippen molar-refractivity contribution in [3.05, 3.63) is 54.0 Å². The summed E-state index contributed by atoms with van der Waals surface area (Å²) in [6.07, 6.45) is 4.26. The van der Waals surface area contributed by atoms with Crippen molar-refractivity contribution in [2.75, 3.05) is 18.0 Å². The van der Waals surface area contributed by atoms with Gasteiger partial charge in [-0.1, -0.05) is 18.2 Å². The highest BCUT2D eigenvalue weighted by molar-refractivity contribution is 5.92. The van der Waals surface area contributed by atoms with Crippen molar-refractivity contribution in [2.24, 2.45) is 5.73 Å². The van der Waals surface area contributed by atoms with Crippen LogP contribution in [0.2, 0.25) is 0 Å². The smallest absolute Gasteiger partial charge is 0.251 e. The zero-order valence-corrected chi connectivity index (χ0v) is 13.5. The van der Waals surface area contributed by atoms with Crippen molar-refractivity contribution in [1.29, 1.82) is 0 Å². The molecule has 1 amide bonds. The molecular weight excluding hydrogens is 302 g/mol. The number of aryl methyl sites for hydroxylation is 1. The number of carbonyl (C=O) groups excluding carboxylic acids is 1. The second-order valence-corrected chi connectivity index (χ2v) is 6.26. The third-order valence-corrected chi connectivity index (χ3v) is 4.59. The van der Waals surface area contributed by atoms with Gasteiger partial charge in [0.2, 0.25) is 0 Å². The predicted octanol–water partition coefficient (Wildman–Crippen LogP) is 2.29. The molecule has 0 bridgehead atoms. The molecule has 2 N–H and O–H groups in total. The zero-order chi connectivity index (χ0) is 16.7. The van der Waals surface area contributed by atoms with Gasteiger partial charge in [-0.2, -0.15) is 5.10 Å². The lowest BCUT2D eigenvalue weighted by atomic mass is 10.1. The van der Waals surface area contributed by atoms with Gasteiger partial charge in [0.05, 0.1) is 23.3 Å². The van der Waals surface area contributed by atoms with E-state index in [4.69, 9.17) is 5.73 Å². The van der Waals surface area contributed by atoms with Crippen LogP contribution in [-0.2, 0) is 0 Å². The molecule has 1 aliphatic rings. The SMILES string of the molecule is Cc1cc(N2CCC(n3cc(C(N)=O)cn3)C2)c2ccccc2n1. The molecule has 2 aromatic heterocycles. The van der Waals surface area contributed by atoms with Gasteiger partial charge in [0, 0.05) is 36.1 Å². The lowest BCUT2D eigenvalue weighted by Crippen LogP contribution is -2.21. The van der Waals surface area contributed by atoms with Crippen LogP contribution in [0, 0.1) is 6.92 Å². The molecule has 4 rings (SSSR count). The zero-order valence-electron chi connectivity index (χ0n) is 13.5. The van der Waals surface area contributed by atoms with Crippen molar-refractivity contribution in [1.82, 2.24) is 14.8 Å². The summed E-state index contributed by atoms with van der Waals surface area (Å²) < 4.78 is 1.86. The van der Waals surface area contributed by atoms with Gasteiger partial charge in [0.15, 0.2) is 0 Å². The number of anilines is 1. The summed E-state index contributed by atoms with van der Waals surface area (Å²) in [5.41, 5.74) is 9.02. The number of fused-ring (bicyclic) bond motifs is 1. The van der Waals surface area contributed by atoms with Crippen LogP contribution < -0.4 is 10.6 Å². The Kier molecular flexibility index (Phi) is 3.45. The Morgan fingerprint density at radius 3 is 2.96 bits per heavy atom. The maximum absolute atomic E-state index is 11.3. The first-order valence-corrected chi connectivity index (χ1v) is 8.07. The molecule has 1 aliphatic heterocycles. The largest absolute Gasteiger partial charge is 0.369 e. The Morgan fingerprint density at radius 1 is 1.33 bits per heavy atom. The van der Waals surface area contributed by atoms with Crippen LogP contribution in [0.15, 0.2) is 42.7 Å². The number of pyridine rings is 1. The molecular formula is C18H19N5O. The molecule has 6 nitrogen and oxygen atoms in total. The number of para-hydroxylation sites is 1. The van der Waals surface area contributed by atoms with Crippen LogP contribution in [0.1, 0.15) is 28.5 Å². The second-order valence-electron chi connectivity index (χ2n) is 6.26. The molecule has 24 heavy (non-hydrogen) atoms. The second kappa shape index (κ2) is 5.63. The van der Waals surface area contributed by atoms with Gasteiger partial charge in [-0.15, -0.1) is 0 Å². The van der Waals surface area contributed by atoms with Crippen LogP contribution in [0.4, 0.5) is 5.69 Å². The molecule has 6 heteroatoms. The number of rotatable bonds is 3. The molecule has 0 spiro atoms. The number of carbonyl (C=O) groups is 1. The first kappa shape index (κ1) is 14.7. The van der Waals surface area contributed by atoms with Crippen molar-refractivity contribution in [2.45, 2.75) is 19.4 Å². The van der Waals surface area contributed by atoms with E-state index in [1.54, 1.807) is 6.20 Å². The van der Waals surface area contributed by atoms with E-state index in [0.29, 0.717) is 5.56 Å². The molecule has 1 unspecified atom stereocenters. The minimum Gasteiger partial charge on any atom is -0.369 e. The van der Waals surface area contributed by atoms with E-state index in [1.165, 1.54) is 17.3 Å². The highest BCUT2D eigenvalue weighted by Gasteiger charge is 2.26. The maximum atomic E-state index is 11.3. The van der Waals surface area contributed by atoms with Gasteiger partial charge in [-0.05, 0) is 25.5 Å². The average molecular weight is 321 g/mol. The van der Waals surface area contributed by atoms with Crippen molar-refractivity contribution < 1.29 is 4.79 Å². The molecule has 0 radical (unpaired) electrons. The normalized spacial score (nSPS) is 17.5. The highest BCUT2D eigenvalue weighted by atomic mass is 16.1. The van der Waals surface area contributed by atoms with Crippen LogP contribution in [0.25, 0.3) is 10.9 Å². The number of amides is 1. The number of nitrogens with two attached hydrogens (primary N) is 1. The molecule has 1 atom stereocenters. The van der Waals surface area contributed by atoms with E-state index < -0.39 is 5.91 Å². The predicted molar refractivity (Wildman–Crippen MR) is 93.1 cm³/mol. The minimum absolute atomic E-state index is 0.241. The third-order valence-electron chi connectivity index (χ3n) is 4.59. The molecule has 3 heterocycles. The van der Waals surface area contributed by atoms with Crippen molar-refractivity contribution in [3.63, 3.8) is 0 Å². The van der Waals surface area contributed by atoms with E-state index >= 15 is 0 Å². The van der Waals surface area contributed by atoms with Crippen molar-refractivity contribution >= 4 is 22.5 Å². The topological polar surface area (TPSA) is 77.0 Å². The standard InChI is InChI=1S/C18H19N5O/c1-12-8-17(15-4-2-3-5-16(15)21-12)22-7-6-14(11-22)23-10-13(9-20-23)18(19)24/h2-5,8-10,14H,6-7,11H2,1H3,(H2,19,24). The number of hydrogen-bond acceptors (Lipinski definition) is 4. The Morgan fingerprint density at radius 2 is 2.17 bits per heavy atom.